The van der Waals surface area contributed by atoms with E-state index in [9.17, 15) is 8.78 Å². The first-order valence-corrected chi connectivity index (χ1v) is 6.75. The van der Waals surface area contributed by atoms with Gasteiger partial charge >= 0.3 is 0 Å². The molecule has 17 heavy (non-hydrogen) atoms. The number of fused-ring (bicyclic) bond motifs is 1. The van der Waals surface area contributed by atoms with Crippen LogP contribution >= 0.6 is 15.9 Å². The normalized spacial score (nSPS) is 32.4. The van der Waals surface area contributed by atoms with Crippen molar-refractivity contribution in [1.29, 1.82) is 0 Å². The summed E-state index contributed by atoms with van der Waals surface area (Å²) in [6.07, 6.45) is 3.45. The second-order valence-electron chi connectivity index (χ2n) is 5.30. The number of nitrogens with two attached hydrogens (primary N) is 1. The van der Waals surface area contributed by atoms with E-state index < -0.39 is 11.6 Å². The average Bonchev–Trinajstić information content (AvgIpc) is 2.90. The Balaban J connectivity index is 1.85. The van der Waals surface area contributed by atoms with E-state index in [1.807, 2.05) is 0 Å². The zero-order valence-electron chi connectivity index (χ0n) is 9.30. The van der Waals surface area contributed by atoms with Gasteiger partial charge in [-0.2, -0.15) is 0 Å². The summed E-state index contributed by atoms with van der Waals surface area (Å²) in [5.74, 6) is 1.06. The van der Waals surface area contributed by atoms with Crippen molar-refractivity contribution >= 4 is 15.9 Å². The molecule has 0 spiro atoms. The SMILES string of the molecule is NC(c1cc(F)c(Br)cc1F)C1CC2CC2C1. The topological polar surface area (TPSA) is 26.0 Å². The van der Waals surface area contributed by atoms with E-state index in [-0.39, 0.29) is 10.5 Å². The van der Waals surface area contributed by atoms with Crippen LogP contribution in [0.25, 0.3) is 0 Å². The van der Waals surface area contributed by atoms with Crippen LogP contribution in [0.4, 0.5) is 8.78 Å². The molecule has 0 bridgehead atoms. The van der Waals surface area contributed by atoms with Crippen molar-refractivity contribution < 1.29 is 8.78 Å². The second kappa shape index (κ2) is 4.02. The summed E-state index contributed by atoms with van der Waals surface area (Å²) < 4.78 is 27.3. The largest absolute Gasteiger partial charge is 0.324 e. The van der Waals surface area contributed by atoms with Gasteiger partial charge in [0, 0.05) is 11.6 Å². The molecule has 0 aromatic heterocycles. The first-order valence-electron chi connectivity index (χ1n) is 5.96. The summed E-state index contributed by atoms with van der Waals surface area (Å²) in [6.45, 7) is 0. The Labute approximate surface area is 108 Å². The maximum absolute atomic E-state index is 13.8. The molecule has 1 nitrogen and oxygen atoms in total. The van der Waals surface area contributed by atoms with Crippen molar-refractivity contribution in [3.8, 4) is 0 Å². The van der Waals surface area contributed by atoms with Crippen molar-refractivity contribution in [3.63, 3.8) is 0 Å². The molecular formula is C13H14BrF2N. The van der Waals surface area contributed by atoms with E-state index in [2.05, 4.69) is 15.9 Å². The quantitative estimate of drug-likeness (QED) is 0.827. The van der Waals surface area contributed by atoms with Gasteiger partial charge in [0.1, 0.15) is 11.6 Å². The number of halogens is 3. The molecule has 2 aliphatic carbocycles. The van der Waals surface area contributed by atoms with Crippen LogP contribution in [0.2, 0.25) is 0 Å². The van der Waals surface area contributed by atoms with Gasteiger partial charge in [0.2, 0.25) is 0 Å². The number of hydrogen-bond acceptors (Lipinski definition) is 1. The van der Waals surface area contributed by atoms with Gasteiger partial charge in [-0.1, -0.05) is 0 Å². The predicted molar refractivity (Wildman–Crippen MR) is 65.3 cm³/mol. The standard InChI is InChI=1S/C13H14BrF2N/c14-10-5-11(15)9(4-12(10)16)13(17)8-2-6-1-7(6)3-8/h4-8,13H,1-3,17H2. The van der Waals surface area contributed by atoms with E-state index in [0.717, 1.165) is 24.7 Å². The summed E-state index contributed by atoms with van der Waals surface area (Å²) in [6, 6.07) is 2.03. The lowest BCUT2D eigenvalue weighted by Gasteiger charge is -2.21. The molecule has 0 saturated heterocycles. The molecular weight excluding hydrogens is 288 g/mol. The number of rotatable bonds is 2. The highest BCUT2D eigenvalue weighted by Gasteiger charge is 2.47. The van der Waals surface area contributed by atoms with Crippen LogP contribution in [0.5, 0.6) is 0 Å². The third-order valence-corrected chi connectivity index (χ3v) is 4.79. The van der Waals surface area contributed by atoms with Crippen LogP contribution in [0.15, 0.2) is 16.6 Å². The summed E-state index contributed by atoms with van der Waals surface area (Å²) in [7, 11) is 0. The number of benzene rings is 1. The van der Waals surface area contributed by atoms with Crippen LogP contribution in [-0.2, 0) is 0 Å². The molecule has 3 atom stereocenters. The first kappa shape index (κ1) is 11.6. The highest BCUT2D eigenvalue weighted by Crippen LogP contribution is 2.56. The summed E-state index contributed by atoms with van der Waals surface area (Å²) in [5.41, 5.74) is 6.40. The molecule has 1 aromatic rings. The van der Waals surface area contributed by atoms with Gasteiger partial charge in [-0.05, 0) is 65.1 Å². The van der Waals surface area contributed by atoms with Gasteiger partial charge in [-0.3, -0.25) is 0 Å². The molecule has 0 heterocycles. The molecule has 92 valence electrons. The molecule has 2 fully saturated rings. The zero-order chi connectivity index (χ0) is 12.2. The summed E-state index contributed by atoms with van der Waals surface area (Å²) in [5, 5.41) is 0. The van der Waals surface area contributed by atoms with E-state index in [0.29, 0.717) is 11.5 Å². The Morgan fingerprint density at radius 3 is 2.41 bits per heavy atom. The van der Waals surface area contributed by atoms with Crippen LogP contribution < -0.4 is 5.73 Å². The minimum atomic E-state index is -0.444. The van der Waals surface area contributed by atoms with Gasteiger partial charge in [-0.25, -0.2) is 8.78 Å². The maximum atomic E-state index is 13.8. The van der Waals surface area contributed by atoms with E-state index in [4.69, 9.17) is 5.73 Å². The van der Waals surface area contributed by atoms with Gasteiger partial charge < -0.3 is 5.73 Å². The smallest absolute Gasteiger partial charge is 0.137 e. The molecule has 2 aliphatic rings. The van der Waals surface area contributed by atoms with Crippen LogP contribution in [0.3, 0.4) is 0 Å². The molecule has 2 saturated carbocycles. The highest BCUT2D eigenvalue weighted by atomic mass is 79.9. The molecule has 0 aliphatic heterocycles. The monoisotopic (exact) mass is 301 g/mol. The summed E-state index contributed by atoms with van der Waals surface area (Å²) in [4.78, 5) is 0. The minimum absolute atomic E-state index is 0.153. The Morgan fingerprint density at radius 1 is 1.12 bits per heavy atom. The Hall–Kier alpha value is -0.480. The average molecular weight is 302 g/mol. The highest BCUT2D eigenvalue weighted by molar-refractivity contribution is 9.10. The first-order chi connectivity index (χ1) is 8.06. The fraction of sp³-hybridized carbons (Fsp3) is 0.538. The van der Waals surface area contributed by atoms with Crippen molar-refractivity contribution in [1.82, 2.24) is 0 Å². The second-order valence-corrected chi connectivity index (χ2v) is 6.16. The van der Waals surface area contributed by atoms with Crippen LogP contribution in [-0.4, -0.2) is 0 Å². The zero-order valence-corrected chi connectivity index (χ0v) is 10.9. The van der Waals surface area contributed by atoms with Gasteiger partial charge in [0.15, 0.2) is 0 Å². The van der Waals surface area contributed by atoms with Crippen molar-refractivity contribution in [3.05, 3.63) is 33.8 Å². The van der Waals surface area contributed by atoms with Crippen molar-refractivity contribution in [2.45, 2.75) is 25.3 Å². The predicted octanol–water partition coefficient (Wildman–Crippen LogP) is 3.77. The fourth-order valence-corrected chi connectivity index (χ4v) is 3.42. The molecule has 1 aromatic carbocycles. The van der Waals surface area contributed by atoms with Gasteiger partial charge in [-0.15, -0.1) is 0 Å². The number of hydrogen-bond donors (Lipinski definition) is 1. The molecule has 0 amide bonds. The van der Waals surface area contributed by atoms with Gasteiger partial charge in [0.05, 0.1) is 4.47 Å². The molecule has 3 rings (SSSR count). The lowest BCUT2D eigenvalue weighted by atomic mass is 9.89. The molecule has 2 N–H and O–H groups in total. The van der Waals surface area contributed by atoms with E-state index in [1.165, 1.54) is 18.6 Å². The third-order valence-electron chi connectivity index (χ3n) is 4.19. The molecule has 0 radical (unpaired) electrons. The van der Waals surface area contributed by atoms with E-state index in [1.54, 1.807) is 0 Å². The van der Waals surface area contributed by atoms with Crippen molar-refractivity contribution in [2.75, 3.05) is 0 Å². The van der Waals surface area contributed by atoms with Crippen LogP contribution in [0.1, 0.15) is 30.9 Å². The maximum Gasteiger partial charge on any atom is 0.137 e. The summed E-state index contributed by atoms with van der Waals surface area (Å²) >= 11 is 2.97. The van der Waals surface area contributed by atoms with Crippen molar-refractivity contribution in [2.24, 2.45) is 23.5 Å². The third kappa shape index (κ3) is 2.02. The minimum Gasteiger partial charge on any atom is -0.324 e. The fourth-order valence-electron chi connectivity index (χ4n) is 3.10. The Morgan fingerprint density at radius 2 is 1.76 bits per heavy atom. The molecule has 3 unspecified atom stereocenters. The van der Waals surface area contributed by atoms with E-state index >= 15 is 0 Å². The molecule has 4 heteroatoms. The van der Waals surface area contributed by atoms with Gasteiger partial charge in [0.25, 0.3) is 0 Å². The van der Waals surface area contributed by atoms with Crippen LogP contribution in [0, 0.1) is 29.4 Å². The Bertz CT molecular complexity index is 453. The lowest BCUT2D eigenvalue weighted by molar-refractivity contribution is 0.391. The Kier molecular flexibility index (Phi) is 2.75. The lowest BCUT2D eigenvalue weighted by Crippen LogP contribution is -2.21.